The number of hydrogen-bond acceptors (Lipinski definition) is 5. The van der Waals surface area contributed by atoms with Crippen LogP contribution >= 0.6 is 0 Å². The number of carbonyl (C=O) groups excluding carboxylic acids is 1. The number of sulfonamides is 1. The van der Waals surface area contributed by atoms with Gasteiger partial charge in [-0.15, -0.1) is 0 Å². The van der Waals surface area contributed by atoms with E-state index in [1.54, 1.807) is 45.9 Å². The van der Waals surface area contributed by atoms with Crippen LogP contribution in [-0.4, -0.2) is 38.3 Å². The van der Waals surface area contributed by atoms with Crippen molar-refractivity contribution in [1.29, 1.82) is 0 Å². The van der Waals surface area contributed by atoms with Gasteiger partial charge in [-0.2, -0.15) is 0 Å². The van der Waals surface area contributed by atoms with Crippen molar-refractivity contribution in [1.82, 2.24) is 9.29 Å². The van der Waals surface area contributed by atoms with Crippen LogP contribution in [0.3, 0.4) is 0 Å². The third-order valence-corrected chi connectivity index (χ3v) is 4.75. The van der Waals surface area contributed by atoms with E-state index in [9.17, 15) is 13.2 Å². The predicted molar refractivity (Wildman–Crippen MR) is 91.0 cm³/mol. The van der Waals surface area contributed by atoms with E-state index in [4.69, 9.17) is 9.47 Å². The molecule has 1 aromatic heterocycles. The molecule has 0 aliphatic heterocycles. The Morgan fingerprint density at radius 3 is 2.50 bits per heavy atom. The number of nitrogens with one attached hydrogen (secondary N) is 1. The summed E-state index contributed by atoms with van der Waals surface area (Å²) in [4.78, 5) is 12.4. The molecule has 24 heavy (non-hydrogen) atoms. The van der Waals surface area contributed by atoms with Crippen LogP contribution in [0.2, 0.25) is 0 Å². The van der Waals surface area contributed by atoms with E-state index < -0.39 is 21.7 Å². The summed E-state index contributed by atoms with van der Waals surface area (Å²) in [5, 5.41) is 0.340. The summed E-state index contributed by atoms with van der Waals surface area (Å²) >= 11 is 0. The van der Waals surface area contributed by atoms with Crippen LogP contribution in [0.1, 0.15) is 27.7 Å². The highest BCUT2D eigenvalue weighted by Gasteiger charge is 2.27. The highest BCUT2D eigenvalue weighted by atomic mass is 32.2. The summed E-state index contributed by atoms with van der Waals surface area (Å²) in [6, 6.07) is 4.98. The van der Waals surface area contributed by atoms with Gasteiger partial charge in [0.05, 0.1) is 18.0 Å². The van der Waals surface area contributed by atoms with Crippen molar-refractivity contribution in [2.24, 2.45) is 0 Å². The minimum atomic E-state index is -3.78. The molecule has 2 aromatic rings. The smallest absolute Gasteiger partial charge is 0.419 e. The maximum Gasteiger partial charge on any atom is 0.419 e. The number of hydrogen-bond donors (Lipinski definition) is 1. The van der Waals surface area contributed by atoms with Crippen LogP contribution in [0.15, 0.2) is 29.3 Å². The lowest BCUT2D eigenvalue weighted by Gasteiger charge is -2.19. The summed E-state index contributed by atoms with van der Waals surface area (Å²) in [7, 11) is -2.34. The standard InChI is InChI=1S/C16H22N2O5S/c1-6-17-24(20,21)13-10-18(15(19)23-16(2,3)4)11-8-7-9-12(22-5)14(11)13/h7-10,17H,6H2,1-5H3. The van der Waals surface area contributed by atoms with Gasteiger partial charge in [0.1, 0.15) is 16.2 Å². The van der Waals surface area contributed by atoms with Gasteiger partial charge in [0, 0.05) is 12.7 Å². The van der Waals surface area contributed by atoms with Crippen LogP contribution in [0, 0.1) is 0 Å². The Morgan fingerprint density at radius 1 is 1.29 bits per heavy atom. The Hall–Kier alpha value is -2.06. The Kier molecular flexibility index (Phi) is 4.91. The van der Waals surface area contributed by atoms with E-state index >= 15 is 0 Å². The molecule has 0 unspecified atom stereocenters. The van der Waals surface area contributed by atoms with E-state index in [2.05, 4.69) is 4.72 Å². The molecule has 0 radical (unpaired) electrons. The lowest BCUT2D eigenvalue weighted by Crippen LogP contribution is -2.27. The van der Waals surface area contributed by atoms with Crippen molar-refractivity contribution in [3.63, 3.8) is 0 Å². The molecule has 132 valence electrons. The zero-order chi connectivity index (χ0) is 18.1. The number of carbonyl (C=O) groups is 1. The van der Waals surface area contributed by atoms with Gasteiger partial charge in [-0.05, 0) is 32.9 Å². The van der Waals surface area contributed by atoms with Crippen LogP contribution in [-0.2, 0) is 14.8 Å². The van der Waals surface area contributed by atoms with Crippen molar-refractivity contribution < 1.29 is 22.7 Å². The molecule has 0 saturated carbocycles. The van der Waals surface area contributed by atoms with Crippen molar-refractivity contribution in [2.45, 2.75) is 38.2 Å². The van der Waals surface area contributed by atoms with Crippen molar-refractivity contribution in [3.8, 4) is 5.75 Å². The molecule has 0 fully saturated rings. The molecular formula is C16H22N2O5S. The zero-order valence-corrected chi connectivity index (χ0v) is 15.2. The van der Waals surface area contributed by atoms with Gasteiger partial charge < -0.3 is 9.47 Å². The second-order valence-corrected chi connectivity index (χ2v) is 7.93. The summed E-state index contributed by atoms with van der Waals surface area (Å²) in [6.07, 6.45) is 0.609. The molecule has 7 nitrogen and oxygen atoms in total. The quantitative estimate of drug-likeness (QED) is 0.912. The fourth-order valence-electron chi connectivity index (χ4n) is 2.32. The van der Waals surface area contributed by atoms with Gasteiger partial charge in [-0.3, -0.25) is 4.57 Å². The topological polar surface area (TPSA) is 86.6 Å². The second kappa shape index (κ2) is 6.45. The van der Waals surface area contributed by atoms with Crippen LogP contribution < -0.4 is 9.46 Å². The van der Waals surface area contributed by atoms with Gasteiger partial charge in [0.25, 0.3) is 0 Å². The number of nitrogens with zero attached hydrogens (tertiary/aromatic N) is 1. The molecule has 1 aromatic carbocycles. The second-order valence-electron chi connectivity index (χ2n) is 6.20. The van der Waals surface area contributed by atoms with Crippen LogP contribution in [0.4, 0.5) is 4.79 Å². The summed E-state index contributed by atoms with van der Waals surface area (Å²) in [6.45, 7) is 7.15. The van der Waals surface area contributed by atoms with Gasteiger partial charge in [-0.1, -0.05) is 13.0 Å². The molecule has 8 heteroatoms. The molecule has 0 aliphatic rings. The number of fused-ring (bicyclic) bond motifs is 1. The first-order chi connectivity index (χ1) is 11.1. The van der Waals surface area contributed by atoms with Crippen LogP contribution in [0.25, 0.3) is 10.9 Å². The van der Waals surface area contributed by atoms with E-state index in [0.29, 0.717) is 16.7 Å². The van der Waals surface area contributed by atoms with Gasteiger partial charge in [0.2, 0.25) is 10.0 Å². The summed E-state index contributed by atoms with van der Waals surface area (Å²) in [5.74, 6) is 0.367. The maximum absolute atomic E-state index is 12.5. The molecule has 0 bridgehead atoms. The average Bonchev–Trinajstić information content (AvgIpc) is 2.85. The SMILES string of the molecule is CCNS(=O)(=O)c1cn(C(=O)OC(C)(C)C)c2cccc(OC)c12. The third-order valence-electron chi connectivity index (χ3n) is 3.19. The van der Waals surface area contributed by atoms with E-state index in [-0.39, 0.29) is 11.4 Å². The first-order valence-corrected chi connectivity index (χ1v) is 9.00. The fraction of sp³-hybridized carbons (Fsp3) is 0.438. The molecule has 1 N–H and O–H groups in total. The molecule has 0 aliphatic carbocycles. The number of ether oxygens (including phenoxy) is 2. The molecule has 0 atom stereocenters. The highest BCUT2D eigenvalue weighted by Crippen LogP contribution is 2.33. The largest absolute Gasteiger partial charge is 0.496 e. The monoisotopic (exact) mass is 354 g/mol. The van der Waals surface area contributed by atoms with Gasteiger partial charge in [0.15, 0.2) is 0 Å². The first kappa shape index (κ1) is 18.3. The van der Waals surface area contributed by atoms with Gasteiger partial charge >= 0.3 is 6.09 Å². The average molecular weight is 354 g/mol. The minimum absolute atomic E-state index is 0.0253. The normalized spacial score (nSPS) is 12.4. The molecule has 1 heterocycles. The Morgan fingerprint density at radius 2 is 1.96 bits per heavy atom. The molecular weight excluding hydrogens is 332 g/mol. The van der Waals surface area contributed by atoms with Crippen molar-refractivity contribution >= 4 is 27.0 Å². The number of rotatable bonds is 4. The van der Waals surface area contributed by atoms with Crippen LogP contribution in [0.5, 0.6) is 5.75 Å². The Balaban J connectivity index is 2.74. The molecule has 0 spiro atoms. The third kappa shape index (κ3) is 3.54. The van der Waals surface area contributed by atoms with E-state index in [0.717, 1.165) is 0 Å². The maximum atomic E-state index is 12.5. The lowest BCUT2D eigenvalue weighted by molar-refractivity contribution is 0.0544. The Labute approximate surface area is 141 Å². The number of benzene rings is 1. The molecule has 2 rings (SSSR count). The predicted octanol–water partition coefficient (Wildman–Crippen LogP) is 2.73. The molecule has 0 amide bonds. The molecule has 0 saturated heterocycles. The van der Waals surface area contributed by atoms with Crippen molar-refractivity contribution in [2.75, 3.05) is 13.7 Å². The van der Waals surface area contributed by atoms with E-state index in [1.807, 2.05) is 0 Å². The summed E-state index contributed by atoms with van der Waals surface area (Å²) < 4.78 is 39.3. The Bertz CT molecular complexity index is 862. The highest BCUT2D eigenvalue weighted by molar-refractivity contribution is 7.89. The van der Waals surface area contributed by atoms with Gasteiger partial charge in [-0.25, -0.2) is 17.9 Å². The van der Waals surface area contributed by atoms with Crippen molar-refractivity contribution in [3.05, 3.63) is 24.4 Å². The lowest BCUT2D eigenvalue weighted by atomic mass is 10.2. The van der Waals surface area contributed by atoms with E-state index in [1.165, 1.54) is 17.9 Å². The fourth-order valence-corrected chi connectivity index (χ4v) is 3.58. The summed E-state index contributed by atoms with van der Waals surface area (Å²) in [5.41, 5.74) is -0.298. The minimum Gasteiger partial charge on any atom is -0.496 e. The first-order valence-electron chi connectivity index (χ1n) is 7.52. The number of methoxy groups -OCH3 is 1. The zero-order valence-electron chi connectivity index (χ0n) is 14.4. The number of aromatic nitrogens is 1.